The van der Waals surface area contributed by atoms with Crippen molar-refractivity contribution >= 4 is 0 Å². The maximum absolute atomic E-state index is 7.05. The van der Waals surface area contributed by atoms with Crippen molar-refractivity contribution in [3.8, 4) is 114 Å². The average molecular weight is 1320 g/mol. The van der Waals surface area contributed by atoms with Gasteiger partial charge in [0.05, 0.1) is 22.3 Å². The summed E-state index contributed by atoms with van der Waals surface area (Å²) in [5.74, 6) is 6.03. The standard InChI is InChI=1S/C88H72O12/c1-53-69-41-71-54(2)73-43-75-56(4)76-44-74-55(3)72-42-70(53)82-78(46-90-66-35-27-62(28-36-66)58-19-11-6-12-20-58)84(72)96-51-98-86(74)80(48-92-68-39-31-64(32-40-68)60-23-15-8-16-24-60)88(76)100-52-99-87(75)79(47-91-67-37-29-63(30-38-67)59-21-13-7-14-22-59)85(73)97-50-95-83(71)77(81(69)93-49-94-82)45-89-65-33-25-61(26-34-65)57-17-9-5-10-18-57/h5-44,53-56H,45-52H2,1-4H3. The molecule has 1 aliphatic carbocycles. The van der Waals surface area contributed by atoms with Crippen molar-refractivity contribution in [2.24, 2.45) is 0 Å². The largest absolute Gasteiger partial charge is 0.489 e. The van der Waals surface area contributed by atoms with Crippen molar-refractivity contribution in [2.75, 3.05) is 27.2 Å². The fourth-order valence-electron chi connectivity index (χ4n) is 14.8. The summed E-state index contributed by atoms with van der Waals surface area (Å²) in [7, 11) is 0. The van der Waals surface area contributed by atoms with Crippen molar-refractivity contribution < 1.29 is 56.8 Å². The lowest BCUT2D eigenvalue weighted by Crippen LogP contribution is -2.25. The zero-order chi connectivity index (χ0) is 67.2. The van der Waals surface area contributed by atoms with Crippen LogP contribution in [-0.4, -0.2) is 27.2 Å². The first-order valence-corrected chi connectivity index (χ1v) is 34.2. The van der Waals surface area contributed by atoms with Gasteiger partial charge in [0.15, 0.2) is 0 Å². The van der Waals surface area contributed by atoms with Gasteiger partial charge in [-0.3, -0.25) is 0 Å². The molecule has 0 radical (unpaired) electrons. The first-order valence-electron chi connectivity index (χ1n) is 34.2. The van der Waals surface area contributed by atoms with E-state index in [-0.39, 0.29) is 77.3 Å². The highest BCUT2D eigenvalue weighted by Gasteiger charge is 2.40. The third kappa shape index (κ3) is 11.6. The number of benzene rings is 12. The van der Waals surface area contributed by atoms with Gasteiger partial charge in [0.25, 0.3) is 0 Å². The zero-order valence-corrected chi connectivity index (χ0v) is 56.0. The van der Waals surface area contributed by atoms with E-state index in [0.717, 1.165) is 111 Å². The zero-order valence-electron chi connectivity index (χ0n) is 56.0. The lowest BCUT2D eigenvalue weighted by atomic mass is 9.78. The van der Waals surface area contributed by atoms with E-state index in [1.807, 2.05) is 121 Å². The predicted octanol–water partition coefficient (Wildman–Crippen LogP) is 20.5. The molecule has 4 aliphatic heterocycles. The highest BCUT2D eigenvalue weighted by molar-refractivity contribution is 5.72. The van der Waals surface area contributed by atoms with Crippen LogP contribution < -0.4 is 56.8 Å². The molecule has 5 aliphatic rings. The maximum atomic E-state index is 7.05. The average Bonchev–Trinajstić information content (AvgIpc) is 0.727. The van der Waals surface area contributed by atoms with Crippen LogP contribution in [0.2, 0.25) is 0 Å². The van der Waals surface area contributed by atoms with E-state index in [1.165, 1.54) is 0 Å². The topological polar surface area (TPSA) is 111 Å². The molecule has 0 saturated carbocycles. The van der Waals surface area contributed by atoms with Crippen LogP contribution in [0, 0.1) is 0 Å². The molecule has 17 rings (SSSR count). The molecule has 100 heavy (non-hydrogen) atoms. The fourth-order valence-corrected chi connectivity index (χ4v) is 14.8. The van der Waals surface area contributed by atoms with E-state index in [9.17, 15) is 0 Å². The van der Waals surface area contributed by atoms with Gasteiger partial charge in [-0.2, -0.15) is 0 Å². The van der Waals surface area contributed by atoms with Gasteiger partial charge in [-0.05, 0) is 117 Å². The summed E-state index contributed by atoms with van der Waals surface area (Å²) in [6.45, 7) is 8.57. The Bertz CT molecular complexity index is 4230. The Kier molecular flexibility index (Phi) is 16.4. The third-order valence-electron chi connectivity index (χ3n) is 20.3. The highest BCUT2D eigenvalue weighted by atomic mass is 16.7. The lowest BCUT2D eigenvalue weighted by Gasteiger charge is -2.36. The van der Waals surface area contributed by atoms with E-state index >= 15 is 0 Å². The van der Waals surface area contributed by atoms with Crippen molar-refractivity contribution in [1.29, 1.82) is 0 Å². The molecule has 0 N–H and O–H groups in total. The first-order chi connectivity index (χ1) is 49.2. The normalized spacial score (nSPS) is 16.4. The SMILES string of the molecule is CC1c2cc3c4c(COc5ccc(-c6ccccc6)cc5)c2OCOc2c1cc1c(c2COc2ccc(-c5ccccc5)cc2)OCOc2c(cc5c(c2COc2ccc(-c6ccccc6)cc2)OCOc2c(cc(c(c2COc2ccc(-c6ccccc6)cc2)OCO4)C3C)C5C)C1C. The van der Waals surface area contributed by atoms with Crippen molar-refractivity contribution in [1.82, 2.24) is 0 Å². The summed E-state index contributed by atoms with van der Waals surface area (Å²) in [5.41, 5.74) is 19.0. The molecule has 0 unspecified atom stereocenters. The molecule has 496 valence electrons. The number of rotatable bonds is 16. The minimum absolute atomic E-state index is 0.0923. The predicted molar refractivity (Wildman–Crippen MR) is 385 cm³/mol. The fraction of sp³-hybridized carbons (Fsp3) is 0.182. The summed E-state index contributed by atoms with van der Waals surface area (Å²) >= 11 is 0. The number of ether oxygens (including phenoxy) is 12. The van der Waals surface area contributed by atoms with E-state index in [1.54, 1.807) is 0 Å². The lowest BCUT2D eigenvalue weighted by molar-refractivity contribution is 0.0902. The van der Waals surface area contributed by atoms with E-state index in [0.29, 0.717) is 69.0 Å². The van der Waals surface area contributed by atoms with Crippen LogP contribution in [0.15, 0.2) is 243 Å². The van der Waals surface area contributed by atoms with Crippen LogP contribution >= 0.6 is 0 Å². The van der Waals surface area contributed by atoms with E-state index < -0.39 is 0 Å². The van der Waals surface area contributed by atoms with E-state index in [2.05, 4.69) is 149 Å². The monoisotopic (exact) mass is 1320 g/mol. The molecule has 0 spiro atoms. The molecule has 12 aromatic carbocycles. The van der Waals surface area contributed by atoms with Crippen LogP contribution in [0.4, 0.5) is 0 Å². The molecule has 0 saturated heterocycles. The summed E-state index contributed by atoms with van der Waals surface area (Å²) in [5, 5.41) is 0. The summed E-state index contributed by atoms with van der Waals surface area (Å²) in [4.78, 5) is 0. The smallest absolute Gasteiger partial charge is 0.230 e. The van der Waals surface area contributed by atoms with Gasteiger partial charge in [-0.25, -0.2) is 0 Å². The van der Waals surface area contributed by atoms with Gasteiger partial charge < -0.3 is 56.8 Å². The Labute approximate surface area is 581 Å². The van der Waals surface area contributed by atoms with Gasteiger partial charge >= 0.3 is 0 Å². The van der Waals surface area contributed by atoms with Crippen molar-refractivity contribution in [3.63, 3.8) is 0 Å². The van der Waals surface area contributed by atoms with Crippen LogP contribution in [-0.2, 0) is 26.4 Å². The molecule has 4 heterocycles. The minimum Gasteiger partial charge on any atom is -0.489 e. The maximum Gasteiger partial charge on any atom is 0.230 e. The molecule has 12 heteroatoms. The van der Waals surface area contributed by atoms with Crippen LogP contribution in [0.3, 0.4) is 0 Å². The Morgan fingerprint density at radius 3 is 0.550 bits per heavy atom. The Morgan fingerprint density at radius 1 is 0.220 bits per heavy atom. The molecule has 0 fully saturated rings. The van der Waals surface area contributed by atoms with E-state index in [4.69, 9.17) is 56.8 Å². The molecule has 0 amide bonds. The molecule has 8 bridgehead atoms. The highest BCUT2D eigenvalue weighted by Crippen LogP contribution is 2.57. The minimum atomic E-state index is -0.374. The van der Waals surface area contributed by atoms with Crippen molar-refractivity contribution in [2.45, 2.75) is 77.8 Å². The second-order valence-electron chi connectivity index (χ2n) is 26.0. The molecule has 12 aromatic rings. The van der Waals surface area contributed by atoms with Crippen LogP contribution in [0.25, 0.3) is 44.5 Å². The Morgan fingerprint density at radius 2 is 0.380 bits per heavy atom. The number of hydrogen-bond donors (Lipinski definition) is 0. The summed E-state index contributed by atoms with van der Waals surface area (Å²) in [6.07, 6.45) is 0. The summed E-state index contributed by atoms with van der Waals surface area (Å²) < 4.78 is 84.0. The molecule has 12 nitrogen and oxygen atoms in total. The van der Waals surface area contributed by atoms with Crippen LogP contribution in [0.5, 0.6) is 69.0 Å². The van der Waals surface area contributed by atoms with Gasteiger partial charge in [0.2, 0.25) is 27.2 Å². The quantitative estimate of drug-likeness (QED) is 0.0918. The molecule has 0 atom stereocenters. The Balaban J connectivity index is 0.856. The molecule has 0 aromatic heterocycles. The third-order valence-corrected chi connectivity index (χ3v) is 20.3. The summed E-state index contributed by atoms with van der Waals surface area (Å²) in [6, 6.07) is 83.1. The second-order valence-corrected chi connectivity index (χ2v) is 26.0. The van der Waals surface area contributed by atoms with Gasteiger partial charge in [0, 0.05) is 68.2 Å². The van der Waals surface area contributed by atoms with Gasteiger partial charge in [-0.1, -0.05) is 198 Å². The second kappa shape index (κ2) is 26.6. The molecular weight excluding hydrogens is 1250 g/mol. The Hall–Kier alpha value is -11.8. The first kappa shape index (κ1) is 61.8. The van der Waals surface area contributed by atoms with Gasteiger partial charge in [-0.15, -0.1) is 0 Å². The number of hydrogen-bond acceptors (Lipinski definition) is 12. The van der Waals surface area contributed by atoms with Gasteiger partial charge in [0.1, 0.15) is 95.4 Å². The van der Waals surface area contributed by atoms with Crippen LogP contribution in [0.1, 0.15) is 118 Å². The van der Waals surface area contributed by atoms with Crippen molar-refractivity contribution in [3.05, 3.63) is 309 Å². The molecular formula is C88H72O12.